The number of hydrogen-bond acceptors (Lipinski definition) is 0. The van der Waals surface area contributed by atoms with Crippen LogP contribution in [0.1, 0.15) is 70.9 Å². The molecule has 0 aliphatic heterocycles. The molecule has 1 aromatic heterocycles. The highest BCUT2D eigenvalue weighted by Gasteiger charge is 2.29. The van der Waals surface area contributed by atoms with Crippen LogP contribution in [0.3, 0.4) is 0 Å². The van der Waals surface area contributed by atoms with E-state index in [9.17, 15) is 0 Å². The molecule has 0 fully saturated rings. The third kappa shape index (κ3) is 5.81. The van der Waals surface area contributed by atoms with Crippen LogP contribution < -0.4 is 4.57 Å². The zero-order chi connectivity index (χ0) is 17.2. The molecule has 1 heterocycles. The Morgan fingerprint density at radius 1 is 1.00 bits per heavy atom. The number of nitrogens with zero attached hydrogens (tertiary/aromatic N) is 1. The summed E-state index contributed by atoms with van der Waals surface area (Å²) >= 11 is 0. The topological polar surface area (TPSA) is 19.7 Å². The summed E-state index contributed by atoms with van der Waals surface area (Å²) < 4.78 is 2.41. The molecule has 0 aliphatic carbocycles. The van der Waals surface area contributed by atoms with E-state index in [0.29, 0.717) is 17.9 Å². The van der Waals surface area contributed by atoms with Crippen molar-refractivity contribution in [3.05, 3.63) is 54.6 Å². The highest BCUT2D eigenvalue weighted by atomic mass is 15.1. The van der Waals surface area contributed by atoms with Crippen molar-refractivity contribution in [2.24, 2.45) is 11.8 Å². The summed E-state index contributed by atoms with van der Waals surface area (Å²) in [4.78, 5) is 3.24. The van der Waals surface area contributed by atoms with Crippen molar-refractivity contribution >= 4 is 0 Å². The first-order valence-electron chi connectivity index (χ1n) is 9.79. The van der Waals surface area contributed by atoms with Gasteiger partial charge < -0.3 is 0 Å². The first-order chi connectivity index (χ1) is 11.7. The van der Waals surface area contributed by atoms with E-state index in [2.05, 4.69) is 73.2 Å². The summed E-state index contributed by atoms with van der Waals surface area (Å²) in [5.74, 6) is 1.34. The van der Waals surface area contributed by atoms with Crippen LogP contribution in [0.25, 0.3) is 0 Å². The molecule has 2 nitrogen and oxygen atoms in total. The second kappa shape index (κ2) is 10.3. The number of hydrogen-bond donors (Lipinski definition) is 1. The Morgan fingerprint density at radius 3 is 2.38 bits per heavy atom. The molecular formula is C22H35N2+. The Morgan fingerprint density at radius 2 is 1.75 bits per heavy atom. The van der Waals surface area contributed by atoms with Gasteiger partial charge >= 0.3 is 0 Å². The quantitative estimate of drug-likeness (QED) is 0.402. The average Bonchev–Trinajstić information content (AvgIpc) is 3.11. The van der Waals surface area contributed by atoms with Gasteiger partial charge in [-0.3, -0.25) is 4.98 Å². The predicted molar refractivity (Wildman–Crippen MR) is 102 cm³/mol. The maximum atomic E-state index is 3.24. The molecular weight excluding hydrogens is 292 g/mol. The Labute approximate surface area is 148 Å². The van der Waals surface area contributed by atoms with E-state index >= 15 is 0 Å². The normalized spacial score (nSPS) is 14.0. The lowest BCUT2D eigenvalue weighted by Gasteiger charge is -2.28. The highest BCUT2D eigenvalue weighted by molar-refractivity contribution is 5.15. The summed E-state index contributed by atoms with van der Waals surface area (Å²) in [5, 5.41) is 0. The maximum Gasteiger partial charge on any atom is 0.241 e. The molecule has 0 saturated carbocycles. The van der Waals surface area contributed by atoms with E-state index in [1.807, 2.05) is 6.20 Å². The van der Waals surface area contributed by atoms with Crippen LogP contribution in [0.2, 0.25) is 0 Å². The number of unbranched alkanes of at least 4 members (excludes halogenated alkanes) is 4. The predicted octanol–water partition coefficient (Wildman–Crippen LogP) is 5.72. The number of aromatic amines is 1. The first-order valence-corrected chi connectivity index (χ1v) is 9.79. The average molecular weight is 328 g/mol. The summed E-state index contributed by atoms with van der Waals surface area (Å²) in [6, 6.07) is 11.6. The summed E-state index contributed by atoms with van der Waals surface area (Å²) in [6.45, 7) is 7.04. The van der Waals surface area contributed by atoms with Crippen molar-refractivity contribution < 1.29 is 4.57 Å². The molecule has 2 unspecified atom stereocenters. The minimum atomic E-state index is 0.582. The van der Waals surface area contributed by atoms with Crippen LogP contribution >= 0.6 is 0 Å². The van der Waals surface area contributed by atoms with Crippen LogP contribution in [0.15, 0.2) is 49.1 Å². The van der Waals surface area contributed by atoms with E-state index in [1.54, 1.807) is 0 Å². The fourth-order valence-electron chi connectivity index (χ4n) is 3.75. The van der Waals surface area contributed by atoms with Gasteiger partial charge in [0.15, 0.2) is 0 Å². The number of imidazole rings is 1. The van der Waals surface area contributed by atoms with Crippen molar-refractivity contribution in [1.82, 2.24) is 4.98 Å². The molecule has 0 radical (unpaired) electrons. The van der Waals surface area contributed by atoms with Gasteiger partial charge in [0.25, 0.3) is 0 Å². The van der Waals surface area contributed by atoms with Crippen molar-refractivity contribution in [1.29, 1.82) is 0 Å². The minimum Gasteiger partial charge on any atom is -0.250 e. The molecule has 132 valence electrons. The zero-order valence-electron chi connectivity index (χ0n) is 15.7. The van der Waals surface area contributed by atoms with Gasteiger partial charge in [-0.1, -0.05) is 76.8 Å². The molecule has 2 rings (SSSR count). The largest absolute Gasteiger partial charge is 0.250 e. The number of nitrogens with one attached hydrogen (secondary N) is 1. The van der Waals surface area contributed by atoms with Crippen LogP contribution in [-0.4, -0.2) is 4.98 Å². The van der Waals surface area contributed by atoms with Crippen LogP contribution in [0.5, 0.6) is 0 Å². The molecule has 24 heavy (non-hydrogen) atoms. The highest BCUT2D eigenvalue weighted by Crippen LogP contribution is 2.29. The van der Waals surface area contributed by atoms with Gasteiger partial charge in [0.1, 0.15) is 18.4 Å². The molecule has 1 N–H and O–H groups in total. The van der Waals surface area contributed by atoms with E-state index in [-0.39, 0.29) is 0 Å². The summed E-state index contributed by atoms with van der Waals surface area (Å²) in [6.07, 6.45) is 15.6. The number of aromatic nitrogens is 2. The van der Waals surface area contributed by atoms with Gasteiger partial charge in [-0.15, -0.1) is 0 Å². The molecule has 2 aromatic rings. The lowest BCUT2D eigenvalue weighted by molar-refractivity contribution is -0.731. The van der Waals surface area contributed by atoms with Crippen molar-refractivity contribution in [3.8, 4) is 0 Å². The van der Waals surface area contributed by atoms with Crippen LogP contribution in [-0.2, 0) is 6.42 Å². The molecule has 0 amide bonds. The fraction of sp³-hybridized carbons (Fsp3) is 0.591. The third-order valence-electron chi connectivity index (χ3n) is 5.22. The second-order valence-electron chi connectivity index (χ2n) is 7.43. The van der Waals surface area contributed by atoms with Crippen molar-refractivity contribution in [2.45, 2.75) is 71.8 Å². The van der Waals surface area contributed by atoms with E-state index in [1.165, 1.54) is 44.1 Å². The van der Waals surface area contributed by atoms with Crippen molar-refractivity contribution in [2.75, 3.05) is 0 Å². The number of benzene rings is 1. The Balaban J connectivity index is 2.06. The lowest BCUT2D eigenvalue weighted by Crippen LogP contribution is -2.44. The molecule has 0 bridgehead atoms. The standard InChI is InChI=1S/C22H34N2/c1-4-5-6-7-11-14-22(24-16-15-23-18-24)21(19(2)3)17-20-12-9-8-10-13-20/h8-10,12-13,15-16,18-19,21-22H,4-7,11,14,17H2,1-3H3/p+1. The molecule has 0 saturated heterocycles. The Bertz CT molecular complexity index is 530. The monoisotopic (exact) mass is 327 g/mol. The lowest BCUT2D eigenvalue weighted by atomic mass is 9.81. The summed E-state index contributed by atoms with van der Waals surface area (Å²) in [5.41, 5.74) is 1.46. The minimum absolute atomic E-state index is 0.582. The molecule has 1 aromatic carbocycles. The van der Waals surface area contributed by atoms with Gasteiger partial charge in [0.2, 0.25) is 6.33 Å². The van der Waals surface area contributed by atoms with Gasteiger partial charge in [-0.25, -0.2) is 4.57 Å². The number of H-pyrrole nitrogens is 1. The van der Waals surface area contributed by atoms with Gasteiger partial charge in [-0.2, -0.15) is 0 Å². The molecule has 2 atom stereocenters. The van der Waals surface area contributed by atoms with Gasteiger partial charge in [0.05, 0.1) is 0 Å². The Kier molecular flexibility index (Phi) is 8.07. The van der Waals surface area contributed by atoms with E-state index < -0.39 is 0 Å². The Hall–Kier alpha value is -1.57. The third-order valence-corrected chi connectivity index (χ3v) is 5.22. The molecule has 2 heteroatoms. The number of rotatable bonds is 11. The van der Waals surface area contributed by atoms with Gasteiger partial charge in [-0.05, 0) is 30.7 Å². The fourth-order valence-corrected chi connectivity index (χ4v) is 3.75. The van der Waals surface area contributed by atoms with Crippen molar-refractivity contribution in [3.63, 3.8) is 0 Å². The smallest absolute Gasteiger partial charge is 0.241 e. The SMILES string of the molecule is CCCCCCCC(C(Cc1ccccc1)C(C)C)[n+]1cc[nH]c1. The van der Waals surface area contributed by atoms with E-state index in [0.717, 1.165) is 6.42 Å². The second-order valence-corrected chi connectivity index (χ2v) is 7.43. The van der Waals surface area contributed by atoms with Gasteiger partial charge in [0, 0.05) is 5.92 Å². The zero-order valence-corrected chi connectivity index (χ0v) is 15.7. The van der Waals surface area contributed by atoms with E-state index in [4.69, 9.17) is 0 Å². The van der Waals surface area contributed by atoms with Crippen LogP contribution in [0.4, 0.5) is 0 Å². The summed E-state index contributed by atoms with van der Waals surface area (Å²) in [7, 11) is 0. The maximum absolute atomic E-state index is 3.24. The molecule has 0 aliphatic rings. The van der Waals surface area contributed by atoms with Crippen LogP contribution in [0, 0.1) is 11.8 Å². The molecule has 0 spiro atoms. The first kappa shape index (κ1) is 18.8.